The van der Waals surface area contributed by atoms with Crippen molar-refractivity contribution in [2.75, 3.05) is 18.1 Å². The Hall–Kier alpha value is -2.61. The molecule has 0 spiro atoms. The van der Waals surface area contributed by atoms with Crippen molar-refractivity contribution in [2.45, 2.75) is 22.7 Å². The lowest BCUT2D eigenvalue weighted by Gasteiger charge is -2.23. The van der Waals surface area contributed by atoms with E-state index in [4.69, 9.17) is 15.2 Å². The van der Waals surface area contributed by atoms with E-state index in [9.17, 15) is 0 Å². The minimum Gasteiger partial charge on any atom is -0.437 e. The first-order chi connectivity index (χ1) is 13.8. The van der Waals surface area contributed by atoms with Crippen molar-refractivity contribution >= 4 is 23.1 Å². The largest absolute Gasteiger partial charge is 0.437 e. The zero-order valence-corrected chi connectivity index (χ0v) is 16.0. The maximum absolute atomic E-state index is 6.34. The Balaban J connectivity index is 1.38. The third-order valence-corrected chi connectivity index (χ3v) is 6.02. The summed E-state index contributed by atoms with van der Waals surface area (Å²) in [7, 11) is 0. The fourth-order valence-electron chi connectivity index (χ4n) is 3.59. The highest BCUT2D eigenvalue weighted by Crippen LogP contribution is 2.45. The minimum atomic E-state index is -0.141. The lowest BCUT2D eigenvalue weighted by Crippen LogP contribution is -2.31. The molecule has 2 N–H and O–H groups in total. The SMILES string of the molecule is NC1Sc2ccccc2N1c1ccc(Oc2nccnc2C2CCOC2)cc1. The standard InChI is InChI=1S/C21H20N4O2S/c22-21-25(17-3-1-2-4-18(17)28-21)15-5-7-16(8-6-15)27-20-19(23-10-11-24-20)14-9-12-26-13-14/h1-8,10-11,14,21H,9,12-13,22H2. The average Bonchev–Trinajstić information content (AvgIpc) is 3.36. The van der Waals surface area contributed by atoms with E-state index in [1.807, 2.05) is 36.4 Å². The van der Waals surface area contributed by atoms with Gasteiger partial charge in [0.1, 0.15) is 16.9 Å². The molecule has 0 radical (unpaired) electrons. The fraction of sp³-hybridized carbons (Fsp3) is 0.238. The van der Waals surface area contributed by atoms with Crippen molar-refractivity contribution in [1.29, 1.82) is 0 Å². The number of nitrogens with two attached hydrogens (primary N) is 1. The monoisotopic (exact) mass is 392 g/mol. The molecule has 0 saturated carbocycles. The molecule has 3 aromatic rings. The summed E-state index contributed by atoms with van der Waals surface area (Å²) in [6.45, 7) is 1.42. The van der Waals surface area contributed by atoms with Gasteiger partial charge in [-0.15, -0.1) is 0 Å². The average molecular weight is 392 g/mol. The maximum Gasteiger partial charge on any atom is 0.241 e. The summed E-state index contributed by atoms with van der Waals surface area (Å²) in [5, 5.41) is 0. The van der Waals surface area contributed by atoms with Gasteiger partial charge in [0.25, 0.3) is 0 Å². The Morgan fingerprint density at radius 3 is 2.71 bits per heavy atom. The van der Waals surface area contributed by atoms with Gasteiger partial charge in [0, 0.05) is 35.5 Å². The molecule has 3 heterocycles. The minimum absolute atomic E-state index is 0.141. The van der Waals surface area contributed by atoms with Crippen LogP contribution in [0, 0.1) is 0 Å². The van der Waals surface area contributed by atoms with Crippen molar-refractivity contribution in [2.24, 2.45) is 5.73 Å². The Morgan fingerprint density at radius 1 is 1.07 bits per heavy atom. The summed E-state index contributed by atoms with van der Waals surface area (Å²) in [4.78, 5) is 12.2. The maximum atomic E-state index is 6.34. The smallest absolute Gasteiger partial charge is 0.241 e. The predicted molar refractivity (Wildman–Crippen MR) is 109 cm³/mol. The Labute approximate surface area is 167 Å². The molecule has 0 aliphatic carbocycles. The number of rotatable bonds is 4. The Kier molecular flexibility index (Phi) is 4.64. The van der Waals surface area contributed by atoms with Gasteiger partial charge in [0.05, 0.1) is 12.3 Å². The summed E-state index contributed by atoms with van der Waals surface area (Å²) >= 11 is 1.66. The summed E-state index contributed by atoms with van der Waals surface area (Å²) in [6.07, 6.45) is 4.30. The second-order valence-corrected chi connectivity index (χ2v) is 7.91. The molecule has 5 rings (SSSR count). The number of para-hydroxylation sites is 1. The molecule has 2 atom stereocenters. The molecule has 0 bridgehead atoms. The highest BCUT2D eigenvalue weighted by molar-refractivity contribution is 8.00. The number of hydrogen-bond acceptors (Lipinski definition) is 7. The Morgan fingerprint density at radius 2 is 1.89 bits per heavy atom. The van der Waals surface area contributed by atoms with Crippen LogP contribution < -0.4 is 15.4 Å². The van der Waals surface area contributed by atoms with Crippen molar-refractivity contribution in [3.8, 4) is 11.6 Å². The molecule has 2 aliphatic rings. The van der Waals surface area contributed by atoms with Gasteiger partial charge in [0.2, 0.25) is 5.88 Å². The number of aromatic nitrogens is 2. The number of thioether (sulfide) groups is 1. The summed E-state index contributed by atoms with van der Waals surface area (Å²) < 4.78 is 11.5. The van der Waals surface area contributed by atoms with Gasteiger partial charge in [0.15, 0.2) is 0 Å². The van der Waals surface area contributed by atoms with Crippen LogP contribution in [-0.2, 0) is 4.74 Å². The summed E-state index contributed by atoms with van der Waals surface area (Å²) in [5.41, 5.74) is 9.22. The van der Waals surface area contributed by atoms with Gasteiger partial charge < -0.3 is 20.1 Å². The molecule has 2 aromatic carbocycles. The number of ether oxygens (including phenoxy) is 2. The first kappa shape index (κ1) is 17.5. The van der Waals surface area contributed by atoms with E-state index < -0.39 is 0 Å². The molecule has 1 aromatic heterocycles. The normalized spacial score (nSPS) is 21.0. The second-order valence-electron chi connectivity index (χ2n) is 6.75. The zero-order valence-electron chi connectivity index (χ0n) is 15.2. The van der Waals surface area contributed by atoms with Crippen LogP contribution in [0.2, 0.25) is 0 Å². The lowest BCUT2D eigenvalue weighted by atomic mass is 10.1. The summed E-state index contributed by atoms with van der Waals surface area (Å²) in [5.74, 6) is 1.50. The van der Waals surface area contributed by atoms with E-state index in [-0.39, 0.29) is 11.4 Å². The third kappa shape index (κ3) is 3.22. The van der Waals surface area contributed by atoms with Crippen LogP contribution in [0.3, 0.4) is 0 Å². The van der Waals surface area contributed by atoms with Crippen LogP contribution in [0.4, 0.5) is 11.4 Å². The Bertz CT molecular complexity index is 976. The predicted octanol–water partition coefficient (Wildman–Crippen LogP) is 4.26. The molecular weight excluding hydrogens is 372 g/mol. The first-order valence-corrected chi connectivity index (χ1v) is 10.1. The number of anilines is 2. The molecule has 1 fully saturated rings. The molecule has 142 valence electrons. The molecule has 28 heavy (non-hydrogen) atoms. The van der Waals surface area contributed by atoms with Crippen LogP contribution in [0.25, 0.3) is 0 Å². The molecule has 6 nitrogen and oxygen atoms in total. The van der Waals surface area contributed by atoms with Gasteiger partial charge in [-0.2, -0.15) is 0 Å². The van der Waals surface area contributed by atoms with Gasteiger partial charge in [-0.3, -0.25) is 4.98 Å². The van der Waals surface area contributed by atoms with E-state index in [0.29, 0.717) is 12.5 Å². The van der Waals surface area contributed by atoms with Gasteiger partial charge in [-0.1, -0.05) is 23.9 Å². The topological polar surface area (TPSA) is 73.5 Å². The molecular formula is C21H20N4O2S. The van der Waals surface area contributed by atoms with Gasteiger partial charge in [-0.05, 0) is 42.8 Å². The highest BCUT2D eigenvalue weighted by Gasteiger charge is 2.28. The van der Waals surface area contributed by atoms with E-state index in [1.54, 1.807) is 24.2 Å². The number of hydrogen-bond donors (Lipinski definition) is 1. The third-order valence-electron chi connectivity index (χ3n) is 4.96. The van der Waals surface area contributed by atoms with E-state index >= 15 is 0 Å². The van der Waals surface area contributed by atoms with Gasteiger partial charge in [-0.25, -0.2) is 4.98 Å². The quantitative estimate of drug-likeness (QED) is 0.711. The molecule has 7 heteroatoms. The van der Waals surface area contributed by atoms with Crippen LogP contribution in [0.1, 0.15) is 18.0 Å². The highest BCUT2D eigenvalue weighted by atomic mass is 32.2. The molecule has 2 unspecified atom stereocenters. The van der Waals surface area contributed by atoms with Crippen molar-refractivity contribution in [3.63, 3.8) is 0 Å². The van der Waals surface area contributed by atoms with Gasteiger partial charge >= 0.3 is 0 Å². The van der Waals surface area contributed by atoms with E-state index in [2.05, 4.69) is 27.0 Å². The van der Waals surface area contributed by atoms with Crippen molar-refractivity contribution < 1.29 is 9.47 Å². The molecule has 2 aliphatic heterocycles. The number of benzene rings is 2. The number of fused-ring (bicyclic) bond motifs is 1. The molecule has 0 amide bonds. The van der Waals surface area contributed by atoms with Crippen molar-refractivity contribution in [3.05, 3.63) is 66.6 Å². The lowest BCUT2D eigenvalue weighted by molar-refractivity contribution is 0.193. The van der Waals surface area contributed by atoms with Crippen LogP contribution in [0.5, 0.6) is 11.6 Å². The summed E-state index contributed by atoms with van der Waals surface area (Å²) in [6, 6.07) is 16.2. The fourth-order valence-corrected chi connectivity index (χ4v) is 4.64. The van der Waals surface area contributed by atoms with E-state index in [0.717, 1.165) is 35.8 Å². The van der Waals surface area contributed by atoms with Crippen LogP contribution in [-0.4, -0.2) is 28.7 Å². The van der Waals surface area contributed by atoms with E-state index in [1.165, 1.54) is 4.90 Å². The second kappa shape index (κ2) is 7.43. The van der Waals surface area contributed by atoms with Crippen LogP contribution in [0.15, 0.2) is 65.8 Å². The number of nitrogens with zero attached hydrogens (tertiary/aromatic N) is 3. The van der Waals surface area contributed by atoms with Crippen LogP contribution >= 0.6 is 11.8 Å². The van der Waals surface area contributed by atoms with Crippen molar-refractivity contribution in [1.82, 2.24) is 9.97 Å². The molecule has 1 saturated heterocycles. The first-order valence-electron chi connectivity index (χ1n) is 9.27. The zero-order chi connectivity index (χ0) is 18.9.